The molecule has 1 amide bonds. The van der Waals surface area contributed by atoms with Crippen molar-refractivity contribution in [3.8, 4) is 0 Å². The van der Waals surface area contributed by atoms with Gasteiger partial charge in [0, 0.05) is 38.4 Å². The number of carbonyl (C=O) groups excluding carboxylic acids is 1. The second-order valence-corrected chi connectivity index (χ2v) is 5.54. The fourth-order valence-electron chi connectivity index (χ4n) is 2.53. The van der Waals surface area contributed by atoms with E-state index >= 15 is 0 Å². The number of piperazine rings is 1. The van der Waals surface area contributed by atoms with Gasteiger partial charge in [0.2, 0.25) is 5.91 Å². The van der Waals surface area contributed by atoms with E-state index in [1.54, 1.807) is 0 Å². The summed E-state index contributed by atoms with van der Waals surface area (Å²) in [7, 11) is 2.10. The van der Waals surface area contributed by atoms with Crippen LogP contribution in [-0.2, 0) is 4.79 Å². The standard InChI is InChI=1S/C16H25N3O/c1-4-18(15-7-5-6-14(2)12-15)13-16(20)19-10-8-17(3)9-11-19/h5-7,12H,4,8-11,13H2,1-3H3. The molecule has 0 N–H and O–H groups in total. The molecule has 0 saturated carbocycles. The van der Waals surface area contributed by atoms with E-state index in [1.165, 1.54) is 5.56 Å². The smallest absolute Gasteiger partial charge is 0.242 e. The zero-order valence-electron chi connectivity index (χ0n) is 12.8. The van der Waals surface area contributed by atoms with Gasteiger partial charge in [-0.15, -0.1) is 0 Å². The average Bonchev–Trinajstić information content (AvgIpc) is 2.45. The minimum atomic E-state index is 0.237. The van der Waals surface area contributed by atoms with Crippen molar-refractivity contribution in [2.75, 3.05) is 51.2 Å². The third-order valence-electron chi connectivity index (χ3n) is 3.93. The number of nitrogens with zero attached hydrogens (tertiary/aromatic N) is 3. The summed E-state index contributed by atoms with van der Waals surface area (Å²) in [6.45, 7) is 9.15. The molecule has 4 nitrogen and oxygen atoms in total. The van der Waals surface area contributed by atoms with Crippen LogP contribution in [0.3, 0.4) is 0 Å². The predicted octanol–water partition coefficient (Wildman–Crippen LogP) is 1.60. The summed E-state index contributed by atoms with van der Waals surface area (Å²) in [5.74, 6) is 0.237. The molecule has 4 heteroatoms. The number of aryl methyl sites for hydroxylation is 1. The van der Waals surface area contributed by atoms with Crippen LogP contribution >= 0.6 is 0 Å². The number of hydrogen-bond acceptors (Lipinski definition) is 3. The Balaban J connectivity index is 1.97. The van der Waals surface area contributed by atoms with Gasteiger partial charge in [-0.3, -0.25) is 4.79 Å². The van der Waals surface area contributed by atoms with Crippen LogP contribution in [0.15, 0.2) is 24.3 Å². The summed E-state index contributed by atoms with van der Waals surface area (Å²) in [5, 5.41) is 0. The number of anilines is 1. The lowest BCUT2D eigenvalue weighted by molar-refractivity contribution is -0.131. The van der Waals surface area contributed by atoms with Crippen LogP contribution < -0.4 is 4.90 Å². The molecular weight excluding hydrogens is 250 g/mol. The molecule has 0 radical (unpaired) electrons. The molecule has 1 heterocycles. The van der Waals surface area contributed by atoms with Gasteiger partial charge in [-0.25, -0.2) is 0 Å². The van der Waals surface area contributed by atoms with Crippen LogP contribution in [0.2, 0.25) is 0 Å². The minimum absolute atomic E-state index is 0.237. The number of carbonyl (C=O) groups is 1. The largest absolute Gasteiger partial charge is 0.362 e. The zero-order valence-corrected chi connectivity index (χ0v) is 12.8. The highest BCUT2D eigenvalue weighted by Crippen LogP contribution is 2.16. The van der Waals surface area contributed by atoms with Crippen molar-refractivity contribution in [1.82, 2.24) is 9.80 Å². The summed E-state index contributed by atoms with van der Waals surface area (Å²) in [6, 6.07) is 8.35. The van der Waals surface area contributed by atoms with Crippen LogP contribution in [0.25, 0.3) is 0 Å². The maximum atomic E-state index is 12.4. The Bertz CT molecular complexity index is 453. The lowest BCUT2D eigenvalue weighted by Crippen LogP contribution is -2.50. The molecule has 0 aromatic heterocycles. The first-order valence-electron chi connectivity index (χ1n) is 7.38. The van der Waals surface area contributed by atoms with Crippen LogP contribution in [0.4, 0.5) is 5.69 Å². The van der Waals surface area contributed by atoms with E-state index < -0.39 is 0 Å². The van der Waals surface area contributed by atoms with Gasteiger partial charge in [0.15, 0.2) is 0 Å². The first kappa shape index (κ1) is 14.9. The third-order valence-corrected chi connectivity index (χ3v) is 3.93. The molecule has 1 aromatic rings. The first-order valence-corrected chi connectivity index (χ1v) is 7.38. The van der Waals surface area contributed by atoms with Gasteiger partial charge in [0.1, 0.15) is 0 Å². The van der Waals surface area contributed by atoms with E-state index in [0.29, 0.717) is 6.54 Å². The monoisotopic (exact) mass is 275 g/mol. The molecule has 0 unspecified atom stereocenters. The molecule has 0 aliphatic carbocycles. The van der Waals surface area contributed by atoms with Crippen LogP contribution in [-0.4, -0.2) is 62.0 Å². The van der Waals surface area contributed by atoms with Crippen molar-refractivity contribution >= 4 is 11.6 Å². The molecule has 1 aromatic carbocycles. The fraction of sp³-hybridized carbons (Fsp3) is 0.562. The molecule has 2 rings (SSSR count). The Labute approximate surface area is 122 Å². The summed E-state index contributed by atoms with van der Waals surface area (Å²) in [6.07, 6.45) is 0. The van der Waals surface area contributed by atoms with Crippen molar-refractivity contribution in [2.24, 2.45) is 0 Å². The topological polar surface area (TPSA) is 26.8 Å². The van der Waals surface area contributed by atoms with E-state index in [0.717, 1.165) is 38.4 Å². The molecule has 0 spiro atoms. The molecule has 110 valence electrons. The van der Waals surface area contributed by atoms with Gasteiger partial charge >= 0.3 is 0 Å². The van der Waals surface area contributed by atoms with Crippen molar-refractivity contribution in [3.05, 3.63) is 29.8 Å². The number of hydrogen-bond donors (Lipinski definition) is 0. The van der Waals surface area contributed by atoms with Gasteiger partial charge in [-0.1, -0.05) is 12.1 Å². The summed E-state index contributed by atoms with van der Waals surface area (Å²) in [4.78, 5) is 18.8. The second-order valence-electron chi connectivity index (χ2n) is 5.54. The van der Waals surface area contributed by atoms with Gasteiger partial charge in [0.25, 0.3) is 0 Å². The Hall–Kier alpha value is -1.55. The summed E-state index contributed by atoms with van der Waals surface area (Å²) >= 11 is 0. The molecule has 1 aliphatic rings. The molecule has 0 atom stereocenters. The highest BCUT2D eigenvalue weighted by atomic mass is 16.2. The van der Waals surface area contributed by atoms with E-state index in [9.17, 15) is 4.79 Å². The van der Waals surface area contributed by atoms with Gasteiger partial charge in [-0.2, -0.15) is 0 Å². The first-order chi connectivity index (χ1) is 9.60. The predicted molar refractivity (Wildman–Crippen MR) is 83.1 cm³/mol. The summed E-state index contributed by atoms with van der Waals surface area (Å²) < 4.78 is 0. The number of likely N-dealkylation sites (N-methyl/N-ethyl adjacent to an activating group) is 2. The van der Waals surface area contributed by atoms with Gasteiger partial charge < -0.3 is 14.7 Å². The highest BCUT2D eigenvalue weighted by Gasteiger charge is 2.20. The van der Waals surface area contributed by atoms with Crippen molar-refractivity contribution in [3.63, 3.8) is 0 Å². The normalized spacial score (nSPS) is 16.2. The average molecular weight is 275 g/mol. The molecule has 1 aliphatic heterocycles. The maximum Gasteiger partial charge on any atom is 0.242 e. The highest BCUT2D eigenvalue weighted by molar-refractivity contribution is 5.81. The number of benzene rings is 1. The van der Waals surface area contributed by atoms with Gasteiger partial charge in [-0.05, 0) is 38.6 Å². The molecule has 0 bridgehead atoms. The summed E-state index contributed by atoms with van der Waals surface area (Å²) in [5.41, 5.74) is 2.36. The third kappa shape index (κ3) is 3.73. The van der Waals surface area contributed by atoms with Crippen molar-refractivity contribution in [2.45, 2.75) is 13.8 Å². The van der Waals surface area contributed by atoms with E-state index in [-0.39, 0.29) is 5.91 Å². The second kappa shape index (κ2) is 6.75. The SMILES string of the molecule is CCN(CC(=O)N1CCN(C)CC1)c1cccc(C)c1. The zero-order chi connectivity index (χ0) is 14.5. The van der Waals surface area contributed by atoms with E-state index in [1.807, 2.05) is 11.0 Å². The van der Waals surface area contributed by atoms with Crippen molar-refractivity contribution in [1.29, 1.82) is 0 Å². The van der Waals surface area contributed by atoms with E-state index in [4.69, 9.17) is 0 Å². The molecule has 20 heavy (non-hydrogen) atoms. The Morgan fingerprint density at radius 3 is 2.55 bits per heavy atom. The van der Waals surface area contributed by atoms with Crippen LogP contribution in [0.1, 0.15) is 12.5 Å². The Kier molecular flexibility index (Phi) is 5.01. The van der Waals surface area contributed by atoms with E-state index in [2.05, 4.69) is 48.9 Å². The minimum Gasteiger partial charge on any atom is -0.362 e. The van der Waals surface area contributed by atoms with Crippen LogP contribution in [0, 0.1) is 6.92 Å². The number of rotatable bonds is 4. The Morgan fingerprint density at radius 2 is 1.95 bits per heavy atom. The maximum absolute atomic E-state index is 12.4. The van der Waals surface area contributed by atoms with Crippen molar-refractivity contribution < 1.29 is 4.79 Å². The lowest BCUT2D eigenvalue weighted by atomic mass is 10.2. The quantitative estimate of drug-likeness (QED) is 0.835. The molecule has 1 fully saturated rings. The fourth-order valence-corrected chi connectivity index (χ4v) is 2.53. The van der Waals surface area contributed by atoms with Gasteiger partial charge in [0.05, 0.1) is 6.54 Å². The van der Waals surface area contributed by atoms with Crippen LogP contribution in [0.5, 0.6) is 0 Å². The lowest BCUT2D eigenvalue weighted by Gasteiger charge is -2.34. The molecule has 1 saturated heterocycles. The number of amides is 1. The Morgan fingerprint density at radius 1 is 1.25 bits per heavy atom. The molecular formula is C16H25N3O.